The van der Waals surface area contributed by atoms with E-state index in [9.17, 15) is 14.3 Å². The number of carbonyl (C=O) groups excluding carboxylic acids is 1. The molecule has 0 aliphatic heterocycles. The first-order chi connectivity index (χ1) is 14.6. The number of anilines is 1. The monoisotopic (exact) mass is 427 g/mol. The van der Waals surface area contributed by atoms with Gasteiger partial charge in [-0.15, -0.1) is 0 Å². The summed E-state index contributed by atoms with van der Waals surface area (Å²) in [6, 6.07) is 5.38. The van der Waals surface area contributed by atoms with Crippen LogP contribution in [0.25, 0.3) is 17.1 Å². The summed E-state index contributed by atoms with van der Waals surface area (Å²) in [6.07, 6.45) is 4.78. The maximum atomic E-state index is 14.0. The van der Waals surface area contributed by atoms with E-state index in [2.05, 4.69) is 30.9 Å². The van der Waals surface area contributed by atoms with Crippen molar-refractivity contribution in [2.45, 2.75) is 45.5 Å². The minimum absolute atomic E-state index is 0.0446. The van der Waals surface area contributed by atoms with Crippen molar-refractivity contribution in [1.29, 1.82) is 0 Å². The van der Waals surface area contributed by atoms with Gasteiger partial charge in [-0.05, 0) is 39.8 Å². The summed E-state index contributed by atoms with van der Waals surface area (Å²) in [4.78, 5) is 17.0. The third-order valence-electron chi connectivity index (χ3n) is 4.49. The van der Waals surface area contributed by atoms with E-state index in [-0.39, 0.29) is 18.2 Å². The van der Waals surface area contributed by atoms with E-state index in [0.29, 0.717) is 17.2 Å². The molecule has 3 aromatic heterocycles. The molecule has 0 saturated heterocycles. The summed E-state index contributed by atoms with van der Waals surface area (Å²) < 4.78 is 15.6. The average Bonchev–Trinajstić information content (AvgIpc) is 3.21. The van der Waals surface area contributed by atoms with Crippen LogP contribution in [0.3, 0.4) is 0 Å². The Morgan fingerprint density at radius 2 is 2.03 bits per heavy atom. The molecule has 3 rings (SSSR count). The molecule has 9 nitrogen and oxygen atoms in total. The Labute approximate surface area is 179 Å². The quantitative estimate of drug-likeness (QED) is 0.505. The van der Waals surface area contributed by atoms with Gasteiger partial charge in [0, 0.05) is 30.1 Å². The number of nitrogens with one attached hydrogen (secondary N) is 2. The lowest BCUT2D eigenvalue weighted by Crippen LogP contribution is -2.42. The topological polar surface area (TPSA) is 118 Å². The Balaban J connectivity index is 1.85. The zero-order chi connectivity index (χ0) is 22.6. The minimum atomic E-state index is -1.60. The Morgan fingerprint density at radius 3 is 2.68 bits per heavy atom. The van der Waals surface area contributed by atoms with Crippen LogP contribution >= 0.6 is 0 Å². The van der Waals surface area contributed by atoms with Crippen LogP contribution in [0.15, 0.2) is 43.0 Å². The van der Waals surface area contributed by atoms with Crippen molar-refractivity contribution >= 4 is 11.6 Å². The highest BCUT2D eigenvalue weighted by atomic mass is 19.1. The molecular formula is C21H26FN7O2. The van der Waals surface area contributed by atoms with Gasteiger partial charge in [0.25, 0.3) is 5.91 Å². The van der Waals surface area contributed by atoms with E-state index in [4.69, 9.17) is 0 Å². The van der Waals surface area contributed by atoms with Crippen molar-refractivity contribution < 1.29 is 14.3 Å². The van der Waals surface area contributed by atoms with Crippen molar-refractivity contribution in [3.8, 4) is 17.1 Å². The summed E-state index contributed by atoms with van der Waals surface area (Å²) >= 11 is 0. The molecule has 0 aliphatic carbocycles. The molecule has 0 radical (unpaired) electrons. The molecule has 1 unspecified atom stereocenters. The summed E-state index contributed by atoms with van der Waals surface area (Å²) in [6.45, 7) is 6.28. The van der Waals surface area contributed by atoms with Crippen molar-refractivity contribution in [3.63, 3.8) is 0 Å². The van der Waals surface area contributed by atoms with Crippen molar-refractivity contribution in [3.05, 3.63) is 48.5 Å². The van der Waals surface area contributed by atoms with E-state index < -0.39 is 17.7 Å². The lowest BCUT2D eigenvalue weighted by Gasteiger charge is -2.23. The van der Waals surface area contributed by atoms with Crippen LogP contribution in [0.2, 0.25) is 0 Å². The van der Waals surface area contributed by atoms with Crippen LogP contribution in [-0.2, 0) is 0 Å². The molecule has 1 amide bonds. The van der Waals surface area contributed by atoms with Crippen LogP contribution in [0, 0.1) is 0 Å². The molecule has 0 fully saturated rings. The fourth-order valence-corrected chi connectivity index (χ4v) is 2.76. The molecule has 0 aromatic carbocycles. The second-order valence-corrected chi connectivity index (χ2v) is 8.00. The van der Waals surface area contributed by atoms with Crippen LogP contribution in [0.1, 0.15) is 38.1 Å². The molecule has 31 heavy (non-hydrogen) atoms. The van der Waals surface area contributed by atoms with Gasteiger partial charge in [0.15, 0.2) is 5.82 Å². The van der Waals surface area contributed by atoms with Crippen LogP contribution in [0.5, 0.6) is 0 Å². The number of alkyl halides is 1. The van der Waals surface area contributed by atoms with E-state index in [1.54, 1.807) is 35.4 Å². The van der Waals surface area contributed by atoms with Crippen molar-refractivity contribution in [2.24, 2.45) is 0 Å². The standard InChI is InChI=1S/C21H26FN7O2/c1-13(2)27-17-9-19(29-8-6-16(28-29)14-5-7-25-26-10-14)23-11-15(17)20(30)24-12-18(22)21(3,4)31/h5-11,13,18,31H,12H2,1-4H3,(H,23,27)(H,24,30). The Morgan fingerprint density at radius 1 is 1.26 bits per heavy atom. The van der Waals surface area contributed by atoms with E-state index >= 15 is 0 Å². The molecule has 0 spiro atoms. The van der Waals surface area contributed by atoms with Gasteiger partial charge in [-0.1, -0.05) is 0 Å². The van der Waals surface area contributed by atoms with Gasteiger partial charge < -0.3 is 15.7 Å². The highest BCUT2D eigenvalue weighted by molar-refractivity contribution is 5.99. The summed E-state index contributed by atoms with van der Waals surface area (Å²) in [7, 11) is 0. The number of hydrogen-bond acceptors (Lipinski definition) is 7. The second-order valence-electron chi connectivity index (χ2n) is 8.00. The first-order valence-corrected chi connectivity index (χ1v) is 9.89. The number of rotatable bonds is 8. The largest absolute Gasteiger partial charge is 0.387 e. The maximum absolute atomic E-state index is 14.0. The number of aromatic nitrogens is 5. The van der Waals surface area contributed by atoms with Crippen molar-refractivity contribution in [1.82, 2.24) is 30.3 Å². The Bertz CT molecular complexity index is 1030. The van der Waals surface area contributed by atoms with Crippen molar-refractivity contribution in [2.75, 3.05) is 11.9 Å². The number of pyridine rings is 1. The third kappa shape index (κ3) is 5.60. The average molecular weight is 427 g/mol. The van der Waals surface area contributed by atoms with Crippen LogP contribution < -0.4 is 10.6 Å². The molecule has 10 heteroatoms. The fourth-order valence-electron chi connectivity index (χ4n) is 2.76. The molecule has 0 saturated carbocycles. The summed E-state index contributed by atoms with van der Waals surface area (Å²) in [5, 5.41) is 27.6. The first kappa shape index (κ1) is 22.3. The zero-order valence-corrected chi connectivity index (χ0v) is 17.9. The molecule has 0 aliphatic rings. The molecule has 3 aromatic rings. The number of nitrogens with zero attached hydrogens (tertiary/aromatic N) is 5. The Hall–Kier alpha value is -3.40. The van der Waals surface area contributed by atoms with E-state index in [1.807, 2.05) is 19.9 Å². The highest BCUT2D eigenvalue weighted by Gasteiger charge is 2.27. The van der Waals surface area contributed by atoms with E-state index in [0.717, 1.165) is 5.56 Å². The molecular weight excluding hydrogens is 401 g/mol. The molecule has 1 atom stereocenters. The van der Waals surface area contributed by atoms with Crippen LogP contribution in [-0.4, -0.2) is 60.3 Å². The van der Waals surface area contributed by atoms with E-state index in [1.165, 1.54) is 20.0 Å². The van der Waals surface area contributed by atoms with Gasteiger partial charge in [0.05, 0.1) is 41.5 Å². The summed E-state index contributed by atoms with van der Waals surface area (Å²) in [5.41, 5.74) is 0.788. The Kier molecular flexibility index (Phi) is 6.59. The van der Waals surface area contributed by atoms with Gasteiger partial charge in [-0.3, -0.25) is 4.79 Å². The smallest absolute Gasteiger partial charge is 0.255 e. The molecule has 3 N–H and O–H groups in total. The third-order valence-corrected chi connectivity index (χ3v) is 4.49. The number of hydrogen-bond donors (Lipinski definition) is 3. The van der Waals surface area contributed by atoms with Gasteiger partial charge in [-0.2, -0.15) is 15.3 Å². The van der Waals surface area contributed by atoms with Gasteiger partial charge >= 0.3 is 0 Å². The predicted molar refractivity (Wildman–Crippen MR) is 115 cm³/mol. The number of amides is 1. The van der Waals surface area contributed by atoms with Gasteiger partial charge in [0.2, 0.25) is 0 Å². The maximum Gasteiger partial charge on any atom is 0.255 e. The van der Waals surface area contributed by atoms with Crippen LogP contribution in [0.4, 0.5) is 10.1 Å². The van der Waals surface area contributed by atoms with Gasteiger partial charge in [0.1, 0.15) is 6.17 Å². The minimum Gasteiger partial charge on any atom is -0.387 e. The van der Waals surface area contributed by atoms with Gasteiger partial charge in [-0.25, -0.2) is 14.1 Å². The molecule has 0 bridgehead atoms. The molecule has 164 valence electrons. The SMILES string of the molecule is CC(C)Nc1cc(-n2ccc(-c3ccnnc3)n2)ncc1C(=O)NCC(F)C(C)(C)O. The number of aliphatic hydroxyl groups is 1. The predicted octanol–water partition coefficient (Wildman–Crippen LogP) is 2.38. The summed E-state index contributed by atoms with van der Waals surface area (Å²) in [5.74, 6) is 0.0194. The first-order valence-electron chi connectivity index (χ1n) is 9.89. The second kappa shape index (κ2) is 9.17. The zero-order valence-electron chi connectivity index (χ0n) is 17.9. The fraction of sp³-hybridized carbons (Fsp3) is 0.381. The highest BCUT2D eigenvalue weighted by Crippen LogP contribution is 2.21. The normalized spacial score (nSPS) is 12.6. The number of halogens is 1. The lowest BCUT2D eigenvalue weighted by molar-refractivity contribution is -0.00177. The molecule has 3 heterocycles. The number of carbonyl (C=O) groups is 1. The lowest BCUT2D eigenvalue weighted by atomic mass is 10.0.